The van der Waals surface area contributed by atoms with Crippen LogP contribution in [0, 0.1) is 0 Å². The van der Waals surface area contributed by atoms with E-state index in [-0.39, 0.29) is 17.8 Å². The first kappa shape index (κ1) is 13.7. The minimum atomic E-state index is -0.295. The van der Waals surface area contributed by atoms with E-state index in [4.69, 9.17) is 0 Å². The molecule has 2 aromatic rings. The van der Waals surface area contributed by atoms with Crippen LogP contribution in [0.5, 0.6) is 0 Å². The summed E-state index contributed by atoms with van der Waals surface area (Å²) in [6.45, 7) is 4.86. The molecule has 0 radical (unpaired) electrons. The van der Waals surface area contributed by atoms with Crippen molar-refractivity contribution >= 4 is 5.91 Å². The fraction of sp³-hybridized carbons (Fsp3) is 0.615. The van der Waals surface area contributed by atoms with Crippen molar-refractivity contribution in [2.24, 2.45) is 0 Å². The predicted octanol–water partition coefficient (Wildman–Crippen LogP) is 0.786. The molecule has 2 aromatic heterocycles. The number of aromatic nitrogens is 6. The molecule has 8 heteroatoms. The fourth-order valence-electron chi connectivity index (χ4n) is 2.56. The van der Waals surface area contributed by atoms with Crippen LogP contribution in [0.3, 0.4) is 0 Å². The van der Waals surface area contributed by atoms with Gasteiger partial charge in [0, 0.05) is 19.4 Å². The Bertz CT molecular complexity index is 645. The van der Waals surface area contributed by atoms with Gasteiger partial charge in [-0.05, 0) is 19.8 Å². The molecule has 3 heterocycles. The Hall–Kier alpha value is -2.25. The van der Waals surface area contributed by atoms with Gasteiger partial charge < -0.3 is 9.88 Å². The van der Waals surface area contributed by atoms with Gasteiger partial charge in [-0.3, -0.25) is 9.89 Å². The van der Waals surface area contributed by atoms with Gasteiger partial charge >= 0.3 is 0 Å². The largest absolute Gasteiger partial charge is 0.340 e. The van der Waals surface area contributed by atoms with Crippen molar-refractivity contribution in [3.63, 3.8) is 0 Å². The quantitative estimate of drug-likeness (QED) is 0.847. The van der Waals surface area contributed by atoms with Crippen molar-refractivity contribution in [1.29, 1.82) is 0 Å². The molecule has 1 aliphatic heterocycles. The van der Waals surface area contributed by atoms with E-state index in [1.54, 1.807) is 0 Å². The monoisotopic (exact) mass is 289 g/mol. The van der Waals surface area contributed by atoms with Crippen molar-refractivity contribution in [2.75, 3.05) is 0 Å². The number of fused-ring (bicyclic) bond motifs is 1. The van der Waals surface area contributed by atoms with Crippen LogP contribution in [0.4, 0.5) is 0 Å². The van der Waals surface area contributed by atoms with E-state index in [2.05, 4.69) is 42.2 Å². The Morgan fingerprint density at radius 2 is 2.33 bits per heavy atom. The van der Waals surface area contributed by atoms with Crippen LogP contribution in [0.15, 0.2) is 0 Å². The molecule has 1 amide bonds. The van der Waals surface area contributed by atoms with Gasteiger partial charge in [-0.25, -0.2) is 4.98 Å². The van der Waals surface area contributed by atoms with Crippen molar-refractivity contribution in [3.05, 3.63) is 23.3 Å². The maximum absolute atomic E-state index is 12.2. The van der Waals surface area contributed by atoms with Crippen LogP contribution in [0.1, 0.15) is 60.8 Å². The van der Waals surface area contributed by atoms with Crippen LogP contribution in [-0.4, -0.2) is 35.9 Å². The Kier molecular flexibility index (Phi) is 3.68. The number of aryl methyl sites for hydroxylation is 2. The molecule has 21 heavy (non-hydrogen) atoms. The molecule has 8 nitrogen and oxygen atoms in total. The smallest absolute Gasteiger partial charge is 0.291 e. The lowest BCUT2D eigenvalue weighted by Crippen LogP contribution is -2.29. The number of carbonyl (C=O) groups excluding carboxylic acids is 1. The van der Waals surface area contributed by atoms with Gasteiger partial charge in [0.2, 0.25) is 5.82 Å². The maximum atomic E-state index is 12.2. The van der Waals surface area contributed by atoms with Gasteiger partial charge in [-0.2, -0.15) is 0 Å². The molecule has 2 N–H and O–H groups in total. The summed E-state index contributed by atoms with van der Waals surface area (Å²) >= 11 is 0. The number of hydrogen-bond acceptors (Lipinski definition) is 5. The standard InChI is InChI=1S/C13H19N7O/c1-3-5-9-15-11(18-16-9)13(21)14-8(2)12-19-17-10-6-4-7-20(10)12/h8H,3-7H2,1-2H3,(H,14,21)(H,15,16,18). The number of amides is 1. The van der Waals surface area contributed by atoms with E-state index in [9.17, 15) is 4.79 Å². The number of H-pyrrole nitrogens is 1. The number of hydrogen-bond donors (Lipinski definition) is 2. The lowest BCUT2D eigenvalue weighted by molar-refractivity contribution is 0.0927. The third-order valence-electron chi connectivity index (χ3n) is 3.59. The molecule has 0 saturated carbocycles. The molecule has 0 saturated heterocycles. The summed E-state index contributed by atoms with van der Waals surface area (Å²) in [5.41, 5.74) is 0. The Labute approximate surface area is 122 Å². The Morgan fingerprint density at radius 1 is 1.48 bits per heavy atom. The summed E-state index contributed by atoms with van der Waals surface area (Å²) in [7, 11) is 0. The highest BCUT2D eigenvalue weighted by Crippen LogP contribution is 2.18. The zero-order valence-electron chi connectivity index (χ0n) is 12.3. The molecule has 1 aliphatic rings. The molecular weight excluding hydrogens is 270 g/mol. The highest BCUT2D eigenvalue weighted by molar-refractivity contribution is 5.90. The molecule has 0 aliphatic carbocycles. The second kappa shape index (κ2) is 5.63. The average molecular weight is 289 g/mol. The first-order chi connectivity index (χ1) is 10.2. The van der Waals surface area contributed by atoms with Crippen LogP contribution < -0.4 is 5.32 Å². The third-order valence-corrected chi connectivity index (χ3v) is 3.59. The van der Waals surface area contributed by atoms with Crippen LogP contribution in [0.2, 0.25) is 0 Å². The van der Waals surface area contributed by atoms with Crippen molar-refractivity contribution in [1.82, 2.24) is 35.3 Å². The molecule has 1 unspecified atom stereocenters. The molecule has 0 bridgehead atoms. The highest BCUT2D eigenvalue weighted by Gasteiger charge is 2.23. The summed E-state index contributed by atoms with van der Waals surface area (Å²) < 4.78 is 2.07. The maximum Gasteiger partial charge on any atom is 0.291 e. The first-order valence-electron chi connectivity index (χ1n) is 7.33. The first-order valence-corrected chi connectivity index (χ1v) is 7.33. The van der Waals surface area contributed by atoms with Gasteiger partial charge in [0.15, 0.2) is 5.82 Å². The van der Waals surface area contributed by atoms with E-state index in [1.165, 1.54) is 0 Å². The van der Waals surface area contributed by atoms with Gasteiger partial charge in [0.1, 0.15) is 11.6 Å². The topological polar surface area (TPSA) is 101 Å². The fourth-order valence-corrected chi connectivity index (χ4v) is 2.56. The third kappa shape index (κ3) is 2.65. The molecule has 0 aromatic carbocycles. The van der Waals surface area contributed by atoms with Crippen LogP contribution in [-0.2, 0) is 19.4 Å². The minimum absolute atomic E-state index is 0.173. The van der Waals surface area contributed by atoms with E-state index in [0.717, 1.165) is 49.7 Å². The van der Waals surface area contributed by atoms with E-state index in [0.29, 0.717) is 0 Å². The number of aromatic amines is 1. The predicted molar refractivity (Wildman–Crippen MR) is 74.6 cm³/mol. The zero-order valence-corrected chi connectivity index (χ0v) is 12.3. The summed E-state index contributed by atoms with van der Waals surface area (Å²) in [5, 5.41) is 17.9. The summed E-state index contributed by atoms with van der Waals surface area (Å²) in [4.78, 5) is 16.3. The second-order valence-corrected chi connectivity index (χ2v) is 5.28. The Morgan fingerprint density at radius 3 is 3.14 bits per heavy atom. The average Bonchev–Trinajstić information content (AvgIpc) is 3.14. The SMILES string of the molecule is CCCc1nc(C(=O)NC(C)c2nnc3n2CCC3)n[nH]1. The molecule has 1 atom stereocenters. The lowest BCUT2D eigenvalue weighted by Gasteiger charge is -2.12. The highest BCUT2D eigenvalue weighted by atomic mass is 16.2. The van der Waals surface area contributed by atoms with Gasteiger partial charge in [-0.1, -0.05) is 6.92 Å². The second-order valence-electron chi connectivity index (χ2n) is 5.28. The van der Waals surface area contributed by atoms with Crippen molar-refractivity contribution in [3.8, 4) is 0 Å². The summed E-state index contributed by atoms with van der Waals surface area (Å²) in [6, 6.07) is -0.218. The summed E-state index contributed by atoms with van der Waals surface area (Å²) in [6.07, 6.45) is 3.78. The van der Waals surface area contributed by atoms with E-state index in [1.807, 2.05) is 6.92 Å². The van der Waals surface area contributed by atoms with Gasteiger partial charge in [0.05, 0.1) is 6.04 Å². The summed E-state index contributed by atoms with van der Waals surface area (Å²) in [5.74, 6) is 2.40. The minimum Gasteiger partial charge on any atom is -0.340 e. The zero-order chi connectivity index (χ0) is 14.8. The molecule has 3 rings (SSSR count). The van der Waals surface area contributed by atoms with Gasteiger partial charge in [-0.15, -0.1) is 15.3 Å². The number of nitrogens with one attached hydrogen (secondary N) is 2. The van der Waals surface area contributed by atoms with Gasteiger partial charge in [0.25, 0.3) is 5.91 Å². The number of nitrogens with zero attached hydrogens (tertiary/aromatic N) is 5. The lowest BCUT2D eigenvalue weighted by atomic mass is 10.3. The molecule has 0 spiro atoms. The van der Waals surface area contributed by atoms with Crippen molar-refractivity contribution < 1.29 is 4.79 Å². The van der Waals surface area contributed by atoms with Crippen molar-refractivity contribution in [2.45, 2.75) is 52.1 Å². The van der Waals surface area contributed by atoms with Crippen LogP contribution >= 0.6 is 0 Å². The number of carbonyl (C=O) groups is 1. The molecular formula is C13H19N7O. The Balaban J connectivity index is 1.68. The molecule has 0 fully saturated rings. The normalized spacial score (nSPS) is 15.0. The van der Waals surface area contributed by atoms with Crippen LogP contribution in [0.25, 0.3) is 0 Å². The van der Waals surface area contributed by atoms with E-state index >= 15 is 0 Å². The number of rotatable bonds is 5. The van der Waals surface area contributed by atoms with E-state index < -0.39 is 0 Å². The molecule has 112 valence electrons.